The molecule has 0 saturated heterocycles. The van der Waals surface area contributed by atoms with Crippen LogP contribution in [-0.2, 0) is 0 Å². The summed E-state index contributed by atoms with van der Waals surface area (Å²) in [6.45, 7) is 0. The van der Waals surface area contributed by atoms with Crippen molar-refractivity contribution in [1.29, 1.82) is 0 Å². The van der Waals surface area contributed by atoms with Gasteiger partial charge in [0, 0.05) is 0 Å². The van der Waals surface area contributed by atoms with E-state index in [1.807, 2.05) is 60.7 Å². The Morgan fingerprint density at radius 1 is 0.586 bits per heavy atom. The molecule has 0 amide bonds. The molecule has 0 fully saturated rings. The first-order valence-corrected chi connectivity index (χ1v) is 10.4. The first-order chi connectivity index (χ1) is 14.3. The number of hydrogen-bond donors (Lipinski definition) is 0. The minimum absolute atomic E-state index is 0.156. The van der Waals surface area contributed by atoms with E-state index >= 15 is 0 Å². The van der Waals surface area contributed by atoms with Gasteiger partial charge in [-0.05, 0) is 0 Å². The Labute approximate surface area is 175 Å². The molecule has 4 rings (SSSR count). The van der Waals surface area contributed by atoms with Crippen molar-refractivity contribution in [3.8, 4) is 35.2 Å². The number of benzene rings is 3. The summed E-state index contributed by atoms with van der Waals surface area (Å²) >= 11 is -0.156. The van der Waals surface area contributed by atoms with Gasteiger partial charge >= 0.3 is 176 Å². The van der Waals surface area contributed by atoms with Gasteiger partial charge in [0.25, 0.3) is 0 Å². The van der Waals surface area contributed by atoms with Crippen LogP contribution in [0.4, 0.5) is 0 Å². The molecule has 0 aliphatic carbocycles. The van der Waals surface area contributed by atoms with Gasteiger partial charge in [-0.3, -0.25) is 0 Å². The van der Waals surface area contributed by atoms with Gasteiger partial charge in [-0.25, -0.2) is 0 Å². The van der Waals surface area contributed by atoms with Gasteiger partial charge < -0.3 is 0 Å². The number of ether oxygens (including phenoxy) is 2. The van der Waals surface area contributed by atoms with Crippen molar-refractivity contribution < 1.29 is 9.47 Å². The molecule has 4 nitrogen and oxygen atoms in total. The van der Waals surface area contributed by atoms with Gasteiger partial charge in [-0.15, -0.1) is 0 Å². The Balaban J connectivity index is 1.64. The SMILES string of the molecule is COc1ccc(C#Cc2ccc(C#Cc3ccc(OC)cc3)c3n[se]nc23)cc1. The van der Waals surface area contributed by atoms with Crippen LogP contribution in [0, 0.1) is 23.7 Å². The van der Waals surface area contributed by atoms with Gasteiger partial charge in [0.1, 0.15) is 0 Å². The predicted molar refractivity (Wildman–Crippen MR) is 114 cm³/mol. The van der Waals surface area contributed by atoms with Gasteiger partial charge in [0.05, 0.1) is 0 Å². The zero-order chi connectivity index (χ0) is 20.1. The second kappa shape index (κ2) is 8.67. The molecular weight excluding hydrogens is 427 g/mol. The van der Waals surface area contributed by atoms with Crippen molar-refractivity contribution in [3.05, 3.63) is 82.9 Å². The number of methoxy groups -OCH3 is 2. The number of nitrogens with zero attached hydrogens (tertiary/aromatic N) is 2. The average molecular weight is 443 g/mol. The molecule has 140 valence electrons. The molecule has 3 aromatic carbocycles. The fraction of sp³-hybridized carbons (Fsp3) is 0.0833. The van der Waals surface area contributed by atoms with E-state index in [9.17, 15) is 0 Å². The molecule has 0 unspecified atom stereocenters. The van der Waals surface area contributed by atoms with E-state index in [1.165, 1.54) is 0 Å². The maximum absolute atomic E-state index is 5.18. The van der Waals surface area contributed by atoms with Crippen LogP contribution in [0.15, 0.2) is 60.7 Å². The molecule has 4 aromatic rings. The van der Waals surface area contributed by atoms with Crippen molar-refractivity contribution in [1.82, 2.24) is 7.96 Å². The van der Waals surface area contributed by atoms with Crippen molar-refractivity contribution in [2.75, 3.05) is 14.2 Å². The zero-order valence-corrected chi connectivity index (χ0v) is 17.6. The molecule has 0 atom stereocenters. The standard InChI is InChI=1S/C24H16N2O2Se/c1-27-21-13-5-17(6-14-21)3-9-19-11-12-20(24-23(19)25-29-26-24)10-4-18-7-15-22(28-2)16-8-18/h5-8,11-16H,1-2H3. The monoisotopic (exact) mass is 444 g/mol. The molecule has 0 spiro atoms. The Kier molecular flexibility index (Phi) is 5.63. The number of aromatic nitrogens is 2. The molecule has 0 bridgehead atoms. The van der Waals surface area contributed by atoms with E-state index in [0.29, 0.717) is 0 Å². The van der Waals surface area contributed by atoms with E-state index in [4.69, 9.17) is 9.47 Å². The van der Waals surface area contributed by atoms with Crippen LogP contribution in [0.5, 0.6) is 11.5 Å². The molecule has 0 N–H and O–H groups in total. The summed E-state index contributed by atoms with van der Waals surface area (Å²) in [7, 11) is 3.30. The van der Waals surface area contributed by atoms with Crippen LogP contribution in [0.2, 0.25) is 0 Å². The molecular formula is C24H16N2O2Se. The first kappa shape index (κ1) is 18.8. The Bertz CT molecular complexity index is 1170. The van der Waals surface area contributed by atoms with Gasteiger partial charge in [0.2, 0.25) is 0 Å². The summed E-state index contributed by atoms with van der Waals surface area (Å²) < 4.78 is 19.5. The summed E-state index contributed by atoms with van der Waals surface area (Å²) in [5.74, 6) is 14.4. The van der Waals surface area contributed by atoms with Crippen LogP contribution < -0.4 is 9.47 Å². The molecule has 0 aliphatic rings. The van der Waals surface area contributed by atoms with Gasteiger partial charge in [-0.1, -0.05) is 0 Å². The summed E-state index contributed by atoms with van der Waals surface area (Å²) in [4.78, 5) is 0. The van der Waals surface area contributed by atoms with E-state index < -0.39 is 0 Å². The quantitative estimate of drug-likeness (QED) is 0.352. The average Bonchev–Trinajstić information content (AvgIpc) is 3.28. The third kappa shape index (κ3) is 4.33. The van der Waals surface area contributed by atoms with Crippen molar-refractivity contribution in [3.63, 3.8) is 0 Å². The van der Waals surface area contributed by atoms with Crippen molar-refractivity contribution in [2.24, 2.45) is 0 Å². The van der Waals surface area contributed by atoms with Crippen LogP contribution in [-0.4, -0.2) is 37.1 Å². The second-order valence-corrected chi connectivity index (χ2v) is 7.19. The third-order valence-electron chi connectivity index (χ3n) is 4.28. The van der Waals surface area contributed by atoms with Crippen LogP contribution in [0.1, 0.15) is 22.3 Å². The fourth-order valence-electron chi connectivity index (χ4n) is 2.70. The summed E-state index contributed by atoms with van der Waals surface area (Å²) in [6.07, 6.45) is 0. The molecule has 5 heteroatoms. The van der Waals surface area contributed by atoms with Gasteiger partial charge in [-0.2, -0.15) is 0 Å². The Morgan fingerprint density at radius 3 is 1.38 bits per heavy atom. The summed E-state index contributed by atoms with van der Waals surface area (Å²) in [5.41, 5.74) is 5.26. The van der Waals surface area contributed by atoms with Crippen molar-refractivity contribution in [2.45, 2.75) is 0 Å². The topological polar surface area (TPSA) is 44.2 Å². The van der Waals surface area contributed by atoms with Crippen molar-refractivity contribution >= 4 is 26.0 Å². The molecule has 0 aliphatic heterocycles. The molecule has 1 heterocycles. The number of fused-ring (bicyclic) bond motifs is 1. The summed E-state index contributed by atoms with van der Waals surface area (Å²) in [6, 6.07) is 19.3. The molecule has 0 radical (unpaired) electrons. The first-order valence-electron chi connectivity index (χ1n) is 8.84. The molecule has 0 saturated carbocycles. The van der Waals surface area contributed by atoms with Crippen LogP contribution in [0.25, 0.3) is 11.0 Å². The Hall–Kier alpha value is -3.50. The van der Waals surface area contributed by atoms with Gasteiger partial charge in [0.15, 0.2) is 0 Å². The minimum atomic E-state index is -0.156. The zero-order valence-electron chi connectivity index (χ0n) is 15.9. The predicted octanol–water partition coefficient (Wildman–Crippen LogP) is 3.50. The van der Waals surface area contributed by atoms with Crippen LogP contribution >= 0.6 is 0 Å². The van der Waals surface area contributed by atoms with E-state index in [-0.39, 0.29) is 15.0 Å². The Morgan fingerprint density at radius 2 is 1.00 bits per heavy atom. The summed E-state index contributed by atoms with van der Waals surface area (Å²) in [5, 5.41) is 0. The van der Waals surface area contributed by atoms with E-state index in [2.05, 4.69) is 31.6 Å². The second-order valence-electron chi connectivity index (χ2n) is 6.08. The fourth-order valence-corrected chi connectivity index (χ4v) is 3.90. The van der Waals surface area contributed by atoms with Crippen LogP contribution in [0.3, 0.4) is 0 Å². The molecule has 29 heavy (non-hydrogen) atoms. The third-order valence-corrected chi connectivity index (χ3v) is 5.39. The van der Waals surface area contributed by atoms with E-state index in [0.717, 1.165) is 44.8 Å². The normalized spacial score (nSPS) is 9.86. The maximum atomic E-state index is 5.18. The van der Waals surface area contributed by atoms with E-state index in [1.54, 1.807) is 14.2 Å². The molecule has 1 aromatic heterocycles. The number of hydrogen-bond acceptors (Lipinski definition) is 4. The number of rotatable bonds is 2.